The van der Waals surface area contributed by atoms with Gasteiger partial charge >= 0.3 is 0 Å². The summed E-state index contributed by atoms with van der Waals surface area (Å²) in [6, 6.07) is 5.81. The molecule has 6 nitrogen and oxygen atoms in total. The molecule has 1 aromatic carbocycles. The van der Waals surface area contributed by atoms with E-state index in [0.717, 1.165) is 11.1 Å². The second kappa shape index (κ2) is 5.31. The van der Waals surface area contributed by atoms with Crippen molar-refractivity contribution in [1.29, 1.82) is 0 Å². The molecule has 1 heterocycles. The molecule has 0 fully saturated rings. The monoisotopic (exact) mass is 246 g/mol. The molecule has 18 heavy (non-hydrogen) atoms. The molecule has 1 amide bonds. The Kier molecular flexibility index (Phi) is 3.57. The molecule has 0 saturated heterocycles. The van der Waals surface area contributed by atoms with Crippen LogP contribution in [-0.2, 0) is 4.79 Å². The molecule has 1 aromatic heterocycles. The van der Waals surface area contributed by atoms with Crippen LogP contribution in [0.1, 0.15) is 11.1 Å². The Morgan fingerprint density at radius 1 is 1.33 bits per heavy atom. The summed E-state index contributed by atoms with van der Waals surface area (Å²) < 4.78 is 6.80. The van der Waals surface area contributed by atoms with Gasteiger partial charge in [-0.15, -0.1) is 10.2 Å². The number of ether oxygens (including phenoxy) is 1. The summed E-state index contributed by atoms with van der Waals surface area (Å²) in [5.74, 6) is 0.439. The summed E-state index contributed by atoms with van der Waals surface area (Å²) in [5.41, 5.74) is 4.72. The topological polar surface area (TPSA) is 69.0 Å². The van der Waals surface area contributed by atoms with E-state index in [4.69, 9.17) is 4.74 Å². The molecular weight excluding hydrogens is 232 g/mol. The van der Waals surface area contributed by atoms with Gasteiger partial charge in [-0.3, -0.25) is 10.2 Å². The highest BCUT2D eigenvalue weighted by atomic mass is 16.5. The molecule has 0 saturated carbocycles. The number of aromatic nitrogens is 3. The lowest BCUT2D eigenvalue weighted by Crippen LogP contribution is -2.27. The van der Waals surface area contributed by atoms with Gasteiger partial charge in [0.2, 0.25) is 0 Å². The fourth-order valence-corrected chi connectivity index (χ4v) is 1.54. The maximum absolute atomic E-state index is 11.5. The molecule has 1 N–H and O–H groups in total. The second-order valence-electron chi connectivity index (χ2n) is 3.96. The van der Waals surface area contributed by atoms with Gasteiger partial charge < -0.3 is 4.74 Å². The summed E-state index contributed by atoms with van der Waals surface area (Å²) in [6.07, 6.45) is 2.80. The Balaban J connectivity index is 1.89. The van der Waals surface area contributed by atoms with E-state index in [2.05, 4.69) is 15.6 Å². The molecule has 0 aliphatic carbocycles. The van der Waals surface area contributed by atoms with E-state index in [0.29, 0.717) is 5.75 Å². The number of aryl methyl sites for hydroxylation is 2. The molecular formula is C12H14N4O2. The molecule has 0 bridgehead atoms. The fourth-order valence-electron chi connectivity index (χ4n) is 1.54. The normalized spacial score (nSPS) is 10.1. The predicted octanol–water partition coefficient (Wildman–Crippen LogP) is 1.04. The van der Waals surface area contributed by atoms with Gasteiger partial charge in [0.1, 0.15) is 18.4 Å². The number of carbonyl (C=O) groups is 1. The highest BCUT2D eigenvalue weighted by Crippen LogP contribution is 2.18. The summed E-state index contributed by atoms with van der Waals surface area (Å²) in [6.45, 7) is 3.90. The van der Waals surface area contributed by atoms with Crippen molar-refractivity contribution >= 4 is 5.91 Å². The number of nitrogens with one attached hydrogen (secondary N) is 1. The largest absolute Gasteiger partial charge is 0.483 e. The SMILES string of the molecule is Cc1ccc(OCC(=O)Nn2cnnc2)c(C)c1. The molecule has 0 radical (unpaired) electrons. The van der Waals surface area contributed by atoms with Crippen LogP contribution in [0.25, 0.3) is 0 Å². The van der Waals surface area contributed by atoms with Crippen LogP contribution < -0.4 is 10.2 Å². The molecule has 2 aromatic rings. The van der Waals surface area contributed by atoms with E-state index in [1.54, 1.807) is 0 Å². The quantitative estimate of drug-likeness (QED) is 0.875. The lowest BCUT2D eigenvalue weighted by Gasteiger charge is -2.09. The lowest BCUT2D eigenvalue weighted by atomic mass is 10.1. The maximum atomic E-state index is 11.5. The summed E-state index contributed by atoms with van der Waals surface area (Å²) in [7, 11) is 0. The van der Waals surface area contributed by atoms with E-state index in [1.807, 2.05) is 32.0 Å². The molecule has 0 spiro atoms. The van der Waals surface area contributed by atoms with E-state index in [1.165, 1.54) is 17.3 Å². The van der Waals surface area contributed by atoms with Gasteiger partial charge in [-0.1, -0.05) is 17.7 Å². The average Bonchev–Trinajstić information content (AvgIpc) is 2.80. The van der Waals surface area contributed by atoms with Gasteiger partial charge in [0.05, 0.1) is 0 Å². The first-order valence-electron chi connectivity index (χ1n) is 5.49. The third kappa shape index (κ3) is 3.07. The van der Waals surface area contributed by atoms with E-state index >= 15 is 0 Å². The number of amides is 1. The van der Waals surface area contributed by atoms with Crippen molar-refractivity contribution in [3.05, 3.63) is 42.0 Å². The minimum atomic E-state index is -0.269. The maximum Gasteiger partial charge on any atom is 0.276 e. The molecule has 0 aliphatic rings. The number of hydrogen-bond acceptors (Lipinski definition) is 4. The lowest BCUT2D eigenvalue weighted by molar-refractivity contribution is -0.119. The van der Waals surface area contributed by atoms with Crippen LogP contribution in [0.3, 0.4) is 0 Å². The van der Waals surface area contributed by atoms with Gasteiger partial charge in [-0.25, -0.2) is 4.68 Å². The zero-order valence-corrected chi connectivity index (χ0v) is 10.3. The number of nitrogens with zero attached hydrogens (tertiary/aromatic N) is 3. The van der Waals surface area contributed by atoms with Crippen molar-refractivity contribution in [1.82, 2.24) is 14.9 Å². The molecule has 0 atom stereocenters. The second-order valence-corrected chi connectivity index (χ2v) is 3.96. The number of carbonyl (C=O) groups excluding carboxylic acids is 1. The van der Waals surface area contributed by atoms with Crippen molar-refractivity contribution < 1.29 is 9.53 Å². The Bertz CT molecular complexity index is 537. The van der Waals surface area contributed by atoms with Crippen LogP contribution in [0.4, 0.5) is 0 Å². The first-order chi connectivity index (χ1) is 8.65. The highest BCUT2D eigenvalue weighted by Gasteiger charge is 2.05. The molecule has 2 rings (SSSR count). The number of rotatable bonds is 4. The van der Waals surface area contributed by atoms with Crippen molar-refractivity contribution in [2.45, 2.75) is 13.8 Å². The first kappa shape index (κ1) is 12.1. The Morgan fingerprint density at radius 3 is 2.72 bits per heavy atom. The van der Waals surface area contributed by atoms with Crippen molar-refractivity contribution in [2.75, 3.05) is 12.0 Å². The van der Waals surface area contributed by atoms with Crippen molar-refractivity contribution in [3.8, 4) is 5.75 Å². The highest BCUT2D eigenvalue weighted by molar-refractivity contribution is 5.85. The minimum absolute atomic E-state index is 0.0535. The van der Waals surface area contributed by atoms with E-state index < -0.39 is 0 Å². The van der Waals surface area contributed by atoms with Gasteiger partial charge in [-0.2, -0.15) is 0 Å². The smallest absolute Gasteiger partial charge is 0.276 e. The average molecular weight is 246 g/mol. The predicted molar refractivity (Wildman–Crippen MR) is 65.8 cm³/mol. The Morgan fingerprint density at radius 2 is 2.06 bits per heavy atom. The van der Waals surface area contributed by atoms with Crippen molar-refractivity contribution in [2.24, 2.45) is 0 Å². The third-order valence-corrected chi connectivity index (χ3v) is 2.36. The zero-order valence-electron chi connectivity index (χ0n) is 10.3. The van der Waals surface area contributed by atoms with Gasteiger partial charge in [-0.05, 0) is 25.5 Å². The van der Waals surface area contributed by atoms with Gasteiger partial charge in [0, 0.05) is 0 Å². The van der Waals surface area contributed by atoms with Gasteiger partial charge in [0.15, 0.2) is 6.61 Å². The molecule has 94 valence electrons. The summed E-state index contributed by atoms with van der Waals surface area (Å²) >= 11 is 0. The van der Waals surface area contributed by atoms with Gasteiger partial charge in [0.25, 0.3) is 5.91 Å². The van der Waals surface area contributed by atoms with Crippen LogP contribution >= 0.6 is 0 Å². The standard InChI is InChI=1S/C12H14N4O2/c1-9-3-4-11(10(2)5-9)18-6-12(17)15-16-7-13-14-8-16/h3-5,7-8H,6H2,1-2H3,(H,15,17). The Labute approximate surface area is 105 Å². The number of benzene rings is 1. The zero-order chi connectivity index (χ0) is 13.0. The molecule has 6 heteroatoms. The molecule has 0 unspecified atom stereocenters. The molecule has 0 aliphatic heterocycles. The van der Waals surface area contributed by atoms with Crippen LogP contribution in [-0.4, -0.2) is 27.4 Å². The fraction of sp³-hybridized carbons (Fsp3) is 0.250. The van der Waals surface area contributed by atoms with E-state index in [9.17, 15) is 4.79 Å². The Hall–Kier alpha value is -2.37. The van der Waals surface area contributed by atoms with Crippen LogP contribution in [0.2, 0.25) is 0 Å². The first-order valence-corrected chi connectivity index (χ1v) is 5.49. The number of hydrogen-bond donors (Lipinski definition) is 1. The summed E-state index contributed by atoms with van der Waals surface area (Å²) in [4.78, 5) is 11.5. The summed E-state index contributed by atoms with van der Waals surface area (Å²) in [5, 5.41) is 7.15. The minimum Gasteiger partial charge on any atom is -0.483 e. The van der Waals surface area contributed by atoms with Crippen LogP contribution in [0.5, 0.6) is 5.75 Å². The third-order valence-electron chi connectivity index (χ3n) is 2.36. The van der Waals surface area contributed by atoms with Crippen LogP contribution in [0, 0.1) is 13.8 Å². The van der Waals surface area contributed by atoms with Crippen LogP contribution in [0.15, 0.2) is 30.9 Å². The van der Waals surface area contributed by atoms with E-state index in [-0.39, 0.29) is 12.5 Å². The van der Waals surface area contributed by atoms with Crippen molar-refractivity contribution in [3.63, 3.8) is 0 Å².